The maximum atomic E-state index is 12.3. The number of rotatable bonds is 6. The fraction of sp³-hybridized carbons (Fsp3) is 0.250. The highest BCUT2D eigenvalue weighted by Gasteiger charge is 2.17. The second kappa shape index (κ2) is 9.64. The highest BCUT2D eigenvalue weighted by molar-refractivity contribution is 7.14. The van der Waals surface area contributed by atoms with E-state index < -0.39 is 0 Å². The number of thiophene rings is 1. The zero-order valence-electron chi connectivity index (χ0n) is 13.3. The first-order valence-electron chi connectivity index (χ1n) is 7.11. The first-order chi connectivity index (χ1) is 11.0. The van der Waals surface area contributed by atoms with Gasteiger partial charge in [-0.25, -0.2) is 0 Å². The van der Waals surface area contributed by atoms with Crippen molar-refractivity contribution in [2.24, 2.45) is 0 Å². The van der Waals surface area contributed by atoms with Gasteiger partial charge in [-0.1, -0.05) is 23.7 Å². The monoisotopic (exact) mass is 387 g/mol. The number of hydrogen-bond acceptors (Lipinski definition) is 4. The van der Waals surface area contributed by atoms with Gasteiger partial charge in [-0.3, -0.25) is 9.59 Å². The number of carbonyl (C=O) groups is 2. The highest BCUT2D eigenvalue weighted by Crippen LogP contribution is 2.25. The zero-order valence-corrected chi connectivity index (χ0v) is 15.6. The van der Waals surface area contributed by atoms with Crippen LogP contribution in [0.4, 0.5) is 5.00 Å². The van der Waals surface area contributed by atoms with E-state index in [1.165, 1.54) is 11.3 Å². The SMILES string of the molecule is CNC(C)CNC(=O)c1ccsc1NC(=O)c1ccccc1Cl.Cl. The van der Waals surface area contributed by atoms with Crippen LogP contribution in [0.3, 0.4) is 0 Å². The Morgan fingerprint density at radius 2 is 1.88 bits per heavy atom. The molecule has 2 rings (SSSR count). The van der Waals surface area contributed by atoms with Crippen LogP contribution in [0.1, 0.15) is 27.6 Å². The van der Waals surface area contributed by atoms with Gasteiger partial charge in [0.05, 0.1) is 16.1 Å². The van der Waals surface area contributed by atoms with E-state index in [4.69, 9.17) is 11.6 Å². The van der Waals surface area contributed by atoms with Crippen molar-refractivity contribution in [1.29, 1.82) is 0 Å². The summed E-state index contributed by atoms with van der Waals surface area (Å²) in [6.07, 6.45) is 0. The van der Waals surface area contributed by atoms with Gasteiger partial charge in [0.1, 0.15) is 5.00 Å². The normalized spacial score (nSPS) is 11.3. The number of hydrogen-bond donors (Lipinski definition) is 3. The molecule has 24 heavy (non-hydrogen) atoms. The Bertz CT molecular complexity index is 706. The molecule has 0 saturated heterocycles. The maximum Gasteiger partial charge on any atom is 0.257 e. The molecule has 2 amide bonds. The lowest BCUT2D eigenvalue weighted by atomic mass is 10.2. The molecule has 1 unspecified atom stereocenters. The molecule has 130 valence electrons. The van der Waals surface area contributed by atoms with E-state index in [9.17, 15) is 9.59 Å². The first-order valence-corrected chi connectivity index (χ1v) is 8.37. The van der Waals surface area contributed by atoms with E-state index in [1.807, 2.05) is 14.0 Å². The average molecular weight is 388 g/mol. The van der Waals surface area contributed by atoms with Crippen molar-refractivity contribution >= 4 is 52.2 Å². The smallest absolute Gasteiger partial charge is 0.257 e. The standard InChI is InChI=1S/C16H18ClN3O2S.ClH/c1-10(18-2)9-19-14(21)12-7-8-23-16(12)20-15(22)11-5-3-4-6-13(11)17;/h3-8,10,18H,9H2,1-2H3,(H,19,21)(H,20,22);1H. The second-order valence-corrected chi connectivity index (χ2v) is 6.32. The molecular formula is C16H19Cl2N3O2S. The fourth-order valence-corrected chi connectivity index (χ4v) is 2.84. The van der Waals surface area contributed by atoms with Crippen molar-refractivity contribution in [3.63, 3.8) is 0 Å². The van der Waals surface area contributed by atoms with Crippen molar-refractivity contribution < 1.29 is 9.59 Å². The number of benzene rings is 1. The minimum absolute atomic E-state index is 0. The third-order valence-corrected chi connectivity index (χ3v) is 4.48. The van der Waals surface area contributed by atoms with Crippen LogP contribution in [-0.2, 0) is 0 Å². The molecule has 0 aliphatic rings. The molecule has 1 heterocycles. The molecule has 0 saturated carbocycles. The second-order valence-electron chi connectivity index (χ2n) is 5.00. The lowest BCUT2D eigenvalue weighted by Gasteiger charge is -2.12. The Balaban J connectivity index is 0.00000288. The van der Waals surface area contributed by atoms with Crippen LogP contribution in [-0.4, -0.2) is 31.4 Å². The number of amides is 2. The summed E-state index contributed by atoms with van der Waals surface area (Å²) in [6.45, 7) is 2.47. The molecule has 1 aromatic heterocycles. The minimum Gasteiger partial charge on any atom is -0.350 e. The minimum atomic E-state index is -0.337. The van der Waals surface area contributed by atoms with E-state index >= 15 is 0 Å². The summed E-state index contributed by atoms with van der Waals surface area (Å²) < 4.78 is 0. The third-order valence-electron chi connectivity index (χ3n) is 3.32. The van der Waals surface area contributed by atoms with Crippen molar-refractivity contribution in [3.8, 4) is 0 Å². The summed E-state index contributed by atoms with van der Waals surface area (Å²) in [4.78, 5) is 24.5. The quantitative estimate of drug-likeness (QED) is 0.710. The predicted molar refractivity (Wildman–Crippen MR) is 102 cm³/mol. The average Bonchev–Trinajstić information content (AvgIpc) is 3.00. The van der Waals surface area contributed by atoms with Crippen LogP contribution < -0.4 is 16.0 Å². The molecule has 8 heteroatoms. The molecule has 0 spiro atoms. The molecule has 0 aliphatic heterocycles. The molecule has 0 bridgehead atoms. The fourth-order valence-electron chi connectivity index (χ4n) is 1.84. The van der Waals surface area contributed by atoms with E-state index in [1.54, 1.807) is 35.7 Å². The van der Waals surface area contributed by atoms with Crippen molar-refractivity contribution in [2.45, 2.75) is 13.0 Å². The Morgan fingerprint density at radius 3 is 2.54 bits per heavy atom. The van der Waals surface area contributed by atoms with Gasteiger partial charge >= 0.3 is 0 Å². The summed E-state index contributed by atoms with van der Waals surface area (Å²) in [7, 11) is 1.83. The first kappa shape index (κ1) is 20.4. The largest absolute Gasteiger partial charge is 0.350 e. The van der Waals surface area contributed by atoms with E-state index in [2.05, 4.69) is 16.0 Å². The Hall–Kier alpha value is -1.60. The van der Waals surface area contributed by atoms with Gasteiger partial charge in [-0.2, -0.15) is 0 Å². The zero-order chi connectivity index (χ0) is 16.8. The molecule has 0 aliphatic carbocycles. The van der Waals surface area contributed by atoms with Crippen LogP contribution in [0, 0.1) is 0 Å². The van der Waals surface area contributed by atoms with Crippen LogP contribution in [0.5, 0.6) is 0 Å². The third kappa shape index (κ3) is 5.21. The van der Waals surface area contributed by atoms with Crippen molar-refractivity contribution in [1.82, 2.24) is 10.6 Å². The predicted octanol–water partition coefficient (Wildman–Crippen LogP) is 3.41. The molecular weight excluding hydrogens is 369 g/mol. The van der Waals surface area contributed by atoms with Gasteiger partial charge in [0.25, 0.3) is 11.8 Å². The van der Waals surface area contributed by atoms with Crippen LogP contribution in [0.25, 0.3) is 0 Å². The highest BCUT2D eigenvalue weighted by atomic mass is 35.5. The van der Waals surface area contributed by atoms with Gasteiger partial charge in [0, 0.05) is 12.6 Å². The topological polar surface area (TPSA) is 70.2 Å². The Morgan fingerprint density at radius 1 is 1.17 bits per heavy atom. The molecule has 5 nitrogen and oxygen atoms in total. The number of nitrogens with one attached hydrogen (secondary N) is 3. The van der Waals surface area contributed by atoms with Crippen LogP contribution in [0.2, 0.25) is 5.02 Å². The lowest BCUT2D eigenvalue weighted by molar-refractivity contribution is 0.0952. The molecule has 3 N–H and O–H groups in total. The molecule has 0 fully saturated rings. The van der Waals surface area contributed by atoms with E-state index in [-0.39, 0.29) is 30.3 Å². The lowest BCUT2D eigenvalue weighted by Crippen LogP contribution is -2.37. The van der Waals surface area contributed by atoms with Gasteiger partial charge in [0.15, 0.2) is 0 Å². The van der Waals surface area contributed by atoms with Crippen molar-refractivity contribution in [3.05, 3.63) is 51.9 Å². The number of anilines is 1. The Labute approximate surface area is 156 Å². The summed E-state index contributed by atoms with van der Waals surface area (Å²) >= 11 is 7.31. The molecule has 2 aromatic rings. The van der Waals surface area contributed by atoms with Gasteiger partial charge in [-0.05, 0) is 37.6 Å². The molecule has 1 aromatic carbocycles. The molecule has 0 radical (unpaired) electrons. The molecule has 1 atom stereocenters. The summed E-state index contributed by atoms with van der Waals surface area (Å²) in [6, 6.07) is 8.64. The summed E-state index contributed by atoms with van der Waals surface area (Å²) in [5, 5.41) is 11.3. The number of likely N-dealkylation sites (N-methyl/N-ethyl adjacent to an activating group) is 1. The summed E-state index contributed by atoms with van der Waals surface area (Å²) in [5.41, 5.74) is 0.816. The van der Waals surface area contributed by atoms with Gasteiger partial charge in [0.2, 0.25) is 0 Å². The Kier molecular flexibility index (Phi) is 8.21. The van der Waals surface area contributed by atoms with Crippen LogP contribution >= 0.6 is 35.3 Å². The maximum absolute atomic E-state index is 12.3. The van der Waals surface area contributed by atoms with Gasteiger partial charge in [-0.15, -0.1) is 23.7 Å². The van der Waals surface area contributed by atoms with E-state index in [0.29, 0.717) is 27.7 Å². The number of halogens is 2. The van der Waals surface area contributed by atoms with Gasteiger partial charge < -0.3 is 16.0 Å². The van der Waals surface area contributed by atoms with Crippen molar-refractivity contribution in [2.75, 3.05) is 18.9 Å². The van der Waals surface area contributed by atoms with E-state index in [0.717, 1.165) is 0 Å². The van der Waals surface area contributed by atoms with Crippen LogP contribution in [0.15, 0.2) is 35.7 Å². The summed E-state index contributed by atoms with van der Waals surface area (Å²) in [5.74, 6) is -0.557. The number of carbonyl (C=O) groups excluding carboxylic acids is 2.